The van der Waals surface area contributed by atoms with Crippen molar-refractivity contribution in [1.82, 2.24) is 0 Å². The summed E-state index contributed by atoms with van der Waals surface area (Å²) in [5.74, 6) is -0.287. The molecule has 1 aromatic rings. The van der Waals surface area contributed by atoms with E-state index in [2.05, 4.69) is 17.6 Å². The van der Waals surface area contributed by atoms with Crippen LogP contribution in [0.25, 0.3) is 0 Å². The monoisotopic (exact) mass is 245 g/mol. The fraction of sp³-hybridized carbons (Fsp3) is 0.500. The Hall–Kier alpha value is -0.475. The Labute approximate surface area is 106 Å². The van der Waals surface area contributed by atoms with Crippen molar-refractivity contribution in [3.8, 4) is 0 Å². The van der Waals surface area contributed by atoms with Crippen LogP contribution in [0.3, 0.4) is 0 Å². The minimum Gasteiger partial charge on any atom is -0.392 e. The van der Waals surface area contributed by atoms with Gasteiger partial charge in [0.1, 0.15) is 5.82 Å². The minimum absolute atomic E-state index is 0.0540. The zero-order chi connectivity index (χ0) is 14.3. The predicted molar refractivity (Wildman–Crippen MR) is 73.0 cm³/mol. The maximum atomic E-state index is 12.9. The van der Waals surface area contributed by atoms with Crippen LogP contribution in [-0.2, 0) is 12.0 Å². The maximum Gasteiger partial charge on any atom is 0.211 e. The lowest BCUT2D eigenvalue weighted by atomic mass is 9.84. The van der Waals surface area contributed by atoms with Crippen molar-refractivity contribution >= 4 is 19.0 Å². The van der Waals surface area contributed by atoms with Crippen LogP contribution in [0.5, 0.6) is 0 Å². The van der Waals surface area contributed by atoms with Gasteiger partial charge in [-0.1, -0.05) is 33.7 Å². The molecule has 16 heavy (non-hydrogen) atoms. The highest BCUT2D eigenvalue weighted by molar-refractivity contribution is 8.06. The second-order valence-electron chi connectivity index (χ2n) is 4.45. The predicted octanol–water partition coefficient (Wildman–Crippen LogP) is 2.93. The molecular weight excluding hydrogens is 222 g/mol. The van der Waals surface area contributed by atoms with Gasteiger partial charge in [-0.15, -0.1) is 0 Å². The van der Waals surface area contributed by atoms with Gasteiger partial charge in [-0.05, 0) is 30.0 Å². The molecule has 1 aromatic carbocycles. The van der Waals surface area contributed by atoms with Crippen LogP contribution >= 0.6 is 12.5 Å². The molecule has 1 nitrogen and oxygen atoms in total. The highest BCUT2D eigenvalue weighted by Gasteiger charge is 2.17. The Morgan fingerprint density at radius 3 is 2.62 bits per heavy atom. The fourth-order valence-corrected chi connectivity index (χ4v) is 1.41. The van der Waals surface area contributed by atoms with Crippen LogP contribution in [0.1, 0.15) is 31.9 Å². The smallest absolute Gasteiger partial charge is 0.211 e. The number of hydrogen-bond donors (Lipinski definition) is 2. The van der Waals surface area contributed by atoms with Crippen molar-refractivity contribution in [2.24, 2.45) is 0 Å². The molecule has 0 aromatic heterocycles. The SMILES string of the molecule is [2H]B(C)S.[3H]OCc1cc(F)ccc1C(C)(C)C. The second kappa shape index (κ2) is 6.97. The molecule has 0 aliphatic carbocycles. The quantitative estimate of drug-likeness (QED) is 0.606. The summed E-state index contributed by atoms with van der Waals surface area (Å²) in [6.45, 7) is 7.75. The van der Waals surface area contributed by atoms with E-state index in [1.807, 2.05) is 20.8 Å². The molecule has 0 spiro atoms. The zero-order valence-electron chi connectivity index (χ0n) is 12.2. The molecule has 0 aliphatic heterocycles. The average molecular weight is 245 g/mol. The minimum atomic E-state index is -0.287. The molecule has 1 rings (SSSR count). The second-order valence-corrected chi connectivity index (χ2v) is 4.97. The van der Waals surface area contributed by atoms with Gasteiger partial charge in [-0.2, -0.15) is 0 Å². The molecule has 0 bridgehead atoms. The van der Waals surface area contributed by atoms with Gasteiger partial charge >= 0.3 is 0 Å². The van der Waals surface area contributed by atoms with Crippen molar-refractivity contribution in [2.75, 3.05) is 0 Å². The van der Waals surface area contributed by atoms with Crippen molar-refractivity contribution in [3.63, 3.8) is 0 Å². The van der Waals surface area contributed by atoms with Crippen LogP contribution in [-0.4, -0.2) is 14.4 Å². The first-order chi connectivity index (χ1) is 8.18. The standard InChI is InChI=1S/C11H15FO.CH5BS/c1-11(2,3)10-5-4-9(12)6-8(10)7-13;1-2-3/h4-6,13H,7H2,1-3H3;2-3H,1H3/i13T;2D. The molecule has 0 aliphatic rings. The summed E-state index contributed by atoms with van der Waals surface area (Å²) >= 11 is 3.63. The molecule has 0 atom stereocenters. The number of aliphatic hydroxyl groups is 1. The van der Waals surface area contributed by atoms with Crippen molar-refractivity contribution in [3.05, 3.63) is 35.1 Å². The van der Waals surface area contributed by atoms with E-state index in [0.29, 0.717) is 0 Å². The number of rotatable bonds is 2. The van der Waals surface area contributed by atoms with E-state index in [9.17, 15) is 4.39 Å². The van der Waals surface area contributed by atoms with Crippen LogP contribution in [0.4, 0.5) is 4.39 Å². The summed E-state index contributed by atoms with van der Waals surface area (Å²) in [6, 6.07) is 4.62. The first kappa shape index (κ1) is 12.0. The Morgan fingerprint density at radius 2 is 2.19 bits per heavy atom. The highest BCUT2D eigenvalue weighted by atomic mass is 32.1. The molecule has 0 radical (unpaired) electrons. The Bertz CT molecular complexity index is 367. The average Bonchev–Trinajstić information content (AvgIpc) is 2.15. The zero-order valence-corrected chi connectivity index (χ0v) is 11.1. The van der Waals surface area contributed by atoms with Gasteiger partial charge in [-0.25, -0.2) is 16.9 Å². The first-order valence-electron chi connectivity index (χ1n) is 6.14. The van der Waals surface area contributed by atoms with E-state index in [4.69, 9.17) is 2.77 Å². The molecule has 1 N–H and O–H groups in total. The molecule has 0 saturated heterocycles. The van der Waals surface area contributed by atoms with Crippen molar-refractivity contribution in [2.45, 2.75) is 39.6 Å². The summed E-state index contributed by atoms with van der Waals surface area (Å²) in [4.78, 5) is 0. The lowest BCUT2D eigenvalue weighted by Crippen LogP contribution is -2.14. The third-order valence-electron chi connectivity index (χ3n) is 2.03. The number of thiol groups is 1. The summed E-state index contributed by atoms with van der Waals surface area (Å²) < 4.78 is 26.1. The van der Waals surface area contributed by atoms with Crippen LogP contribution in [0, 0.1) is 5.82 Å². The normalized spacial score (nSPS) is 12.1. The molecular formula is C12H20BFOS. The van der Waals surface area contributed by atoms with E-state index in [1.54, 1.807) is 12.9 Å². The molecule has 4 heteroatoms. The third-order valence-corrected chi connectivity index (χ3v) is 2.03. The number of aliphatic hydroxyl groups excluding tert-OH is 1. The van der Waals surface area contributed by atoms with Gasteiger partial charge in [-0.3, -0.25) is 0 Å². The first-order valence-corrected chi connectivity index (χ1v) is 5.67. The van der Waals surface area contributed by atoms with Gasteiger partial charge in [0.2, 0.25) is 1.43 Å². The topological polar surface area (TPSA) is 20.2 Å². The lowest BCUT2D eigenvalue weighted by molar-refractivity contribution is 0.278. The van der Waals surface area contributed by atoms with E-state index in [-0.39, 0.29) is 24.4 Å². The molecule has 90 valence electrons. The van der Waals surface area contributed by atoms with Crippen molar-refractivity contribution < 1.29 is 9.50 Å². The number of benzene rings is 1. The molecule has 0 amide bonds. The fourth-order valence-electron chi connectivity index (χ4n) is 1.41. The summed E-state index contributed by atoms with van der Waals surface area (Å²) in [5.41, 5.74) is 1.71. The number of hydrogen-bond acceptors (Lipinski definition) is 2. The molecule has 0 heterocycles. The molecule has 0 fully saturated rings. The Balaban J connectivity index is 0.000000631. The van der Waals surface area contributed by atoms with E-state index < -0.39 is 0 Å². The van der Waals surface area contributed by atoms with Gasteiger partial charge < -0.3 is 5.11 Å². The maximum absolute atomic E-state index is 12.9. The number of halogens is 1. The van der Waals surface area contributed by atoms with E-state index >= 15 is 0 Å². The summed E-state index contributed by atoms with van der Waals surface area (Å²) in [7, 11) is 0. The Morgan fingerprint density at radius 1 is 1.62 bits per heavy atom. The van der Waals surface area contributed by atoms with Crippen LogP contribution in [0.2, 0.25) is 6.82 Å². The van der Waals surface area contributed by atoms with Crippen LogP contribution < -0.4 is 0 Å². The summed E-state index contributed by atoms with van der Waals surface area (Å²) in [5, 5.41) is 4.30. The highest BCUT2D eigenvalue weighted by Crippen LogP contribution is 2.26. The van der Waals surface area contributed by atoms with Gasteiger partial charge in [0, 0.05) is 0 Å². The van der Waals surface area contributed by atoms with Crippen LogP contribution in [0.15, 0.2) is 18.2 Å². The van der Waals surface area contributed by atoms with E-state index in [1.165, 1.54) is 12.1 Å². The van der Waals surface area contributed by atoms with E-state index in [0.717, 1.165) is 11.1 Å². The molecule has 0 saturated carbocycles. The summed E-state index contributed by atoms with van der Waals surface area (Å²) in [6.07, 6.45) is 0. The van der Waals surface area contributed by atoms with Gasteiger partial charge in [0.05, 0.1) is 6.61 Å². The Kier molecular flexibility index (Phi) is 5.22. The largest absolute Gasteiger partial charge is 0.392 e. The third kappa shape index (κ3) is 5.04. The van der Waals surface area contributed by atoms with Gasteiger partial charge in [0.25, 0.3) is 0 Å². The van der Waals surface area contributed by atoms with Crippen molar-refractivity contribution in [1.29, 1.82) is 2.77 Å². The lowest BCUT2D eigenvalue weighted by Gasteiger charge is -2.22. The van der Waals surface area contributed by atoms with Gasteiger partial charge in [0.15, 0.2) is 6.52 Å². The molecule has 0 unspecified atom stereocenters.